The third-order valence-corrected chi connectivity index (χ3v) is 3.32. The van der Waals surface area contributed by atoms with E-state index < -0.39 is 0 Å². The van der Waals surface area contributed by atoms with E-state index in [-0.39, 0.29) is 5.41 Å². The molecule has 2 nitrogen and oxygen atoms in total. The van der Waals surface area contributed by atoms with E-state index in [1.165, 1.54) is 11.1 Å². The van der Waals surface area contributed by atoms with E-state index in [1.54, 1.807) is 7.11 Å². The van der Waals surface area contributed by atoms with Crippen LogP contribution in [0.15, 0.2) is 18.2 Å². The van der Waals surface area contributed by atoms with Gasteiger partial charge in [0.05, 0.1) is 6.61 Å². The Bertz CT molecular complexity index is 377. The second-order valence-electron chi connectivity index (χ2n) is 5.61. The standard InChI is InChI=1S/C15H24ClNO/c1-12-5-6-13(14(16)9-12)10-15(2,3)11-17-7-8-18-4/h5-6,9,17H,7-8,10-11H2,1-4H3. The Kier molecular flexibility index (Phi) is 6.13. The van der Waals surface area contributed by atoms with Gasteiger partial charge in [0.2, 0.25) is 0 Å². The molecular formula is C15H24ClNO. The first kappa shape index (κ1) is 15.5. The Morgan fingerprint density at radius 3 is 2.67 bits per heavy atom. The van der Waals surface area contributed by atoms with Crippen molar-refractivity contribution in [2.75, 3.05) is 26.8 Å². The predicted octanol–water partition coefficient (Wildman–Crippen LogP) is 3.45. The fourth-order valence-electron chi connectivity index (χ4n) is 1.97. The van der Waals surface area contributed by atoms with Gasteiger partial charge in [-0.15, -0.1) is 0 Å². The van der Waals surface area contributed by atoms with Crippen molar-refractivity contribution in [3.63, 3.8) is 0 Å². The highest BCUT2D eigenvalue weighted by Crippen LogP contribution is 2.26. The second-order valence-corrected chi connectivity index (χ2v) is 6.01. The van der Waals surface area contributed by atoms with Gasteiger partial charge in [-0.25, -0.2) is 0 Å². The number of ether oxygens (including phenoxy) is 1. The third kappa shape index (κ3) is 5.38. The van der Waals surface area contributed by atoms with E-state index in [9.17, 15) is 0 Å². The smallest absolute Gasteiger partial charge is 0.0587 e. The van der Waals surface area contributed by atoms with Gasteiger partial charge >= 0.3 is 0 Å². The molecule has 102 valence electrons. The maximum absolute atomic E-state index is 6.28. The lowest BCUT2D eigenvalue weighted by atomic mass is 9.85. The van der Waals surface area contributed by atoms with Gasteiger partial charge in [-0.2, -0.15) is 0 Å². The first-order valence-electron chi connectivity index (χ1n) is 6.39. The monoisotopic (exact) mass is 269 g/mol. The fourth-order valence-corrected chi connectivity index (χ4v) is 2.28. The molecule has 0 saturated carbocycles. The largest absolute Gasteiger partial charge is 0.383 e. The molecule has 0 aliphatic carbocycles. The zero-order valence-electron chi connectivity index (χ0n) is 11.8. The number of rotatable bonds is 7. The molecule has 0 aliphatic rings. The molecule has 0 atom stereocenters. The Morgan fingerprint density at radius 2 is 2.06 bits per heavy atom. The molecule has 1 N–H and O–H groups in total. The third-order valence-electron chi connectivity index (χ3n) is 2.96. The van der Waals surface area contributed by atoms with Crippen LogP contribution < -0.4 is 5.32 Å². The number of nitrogens with one attached hydrogen (secondary N) is 1. The van der Waals surface area contributed by atoms with Crippen molar-refractivity contribution < 1.29 is 4.74 Å². The molecule has 0 bridgehead atoms. The van der Waals surface area contributed by atoms with E-state index in [1.807, 2.05) is 6.07 Å². The summed E-state index contributed by atoms with van der Waals surface area (Å²) in [6.45, 7) is 9.17. The fraction of sp³-hybridized carbons (Fsp3) is 0.600. The molecular weight excluding hydrogens is 246 g/mol. The summed E-state index contributed by atoms with van der Waals surface area (Å²) < 4.78 is 5.02. The Morgan fingerprint density at radius 1 is 1.33 bits per heavy atom. The lowest BCUT2D eigenvalue weighted by molar-refractivity contribution is 0.194. The lowest BCUT2D eigenvalue weighted by Gasteiger charge is -2.26. The molecule has 1 aromatic carbocycles. The van der Waals surface area contributed by atoms with Gasteiger partial charge in [-0.05, 0) is 36.0 Å². The highest BCUT2D eigenvalue weighted by Gasteiger charge is 2.19. The highest BCUT2D eigenvalue weighted by atomic mass is 35.5. The van der Waals surface area contributed by atoms with Crippen LogP contribution in [0.25, 0.3) is 0 Å². The van der Waals surface area contributed by atoms with Crippen molar-refractivity contribution >= 4 is 11.6 Å². The van der Waals surface area contributed by atoms with Gasteiger partial charge in [0.25, 0.3) is 0 Å². The van der Waals surface area contributed by atoms with Crippen LogP contribution in [0.2, 0.25) is 5.02 Å². The molecule has 0 spiro atoms. The van der Waals surface area contributed by atoms with Gasteiger partial charge in [0, 0.05) is 25.2 Å². The van der Waals surface area contributed by atoms with Gasteiger partial charge < -0.3 is 10.1 Å². The zero-order valence-corrected chi connectivity index (χ0v) is 12.6. The summed E-state index contributed by atoms with van der Waals surface area (Å²) in [6, 6.07) is 6.29. The molecule has 0 radical (unpaired) electrons. The number of hydrogen-bond acceptors (Lipinski definition) is 2. The molecule has 0 aromatic heterocycles. The van der Waals surface area contributed by atoms with Crippen LogP contribution in [0, 0.1) is 12.3 Å². The summed E-state index contributed by atoms with van der Waals surface area (Å²) in [6.07, 6.45) is 0.978. The first-order valence-corrected chi connectivity index (χ1v) is 6.77. The summed E-state index contributed by atoms with van der Waals surface area (Å²) >= 11 is 6.28. The maximum atomic E-state index is 6.28. The van der Waals surface area contributed by atoms with Crippen molar-refractivity contribution in [2.24, 2.45) is 5.41 Å². The molecule has 1 aromatic rings. The average molecular weight is 270 g/mol. The van der Waals surface area contributed by atoms with Gasteiger partial charge in [-0.3, -0.25) is 0 Å². The second kappa shape index (κ2) is 7.13. The summed E-state index contributed by atoms with van der Waals surface area (Å²) in [5, 5.41) is 4.28. The Labute approximate surface area is 116 Å². The van der Waals surface area contributed by atoms with E-state index in [4.69, 9.17) is 16.3 Å². The first-order chi connectivity index (χ1) is 8.44. The number of benzene rings is 1. The van der Waals surface area contributed by atoms with Crippen LogP contribution in [0.1, 0.15) is 25.0 Å². The molecule has 0 saturated heterocycles. The number of hydrogen-bond donors (Lipinski definition) is 1. The lowest BCUT2D eigenvalue weighted by Crippen LogP contribution is -2.33. The minimum absolute atomic E-state index is 0.187. The van der Waals surface area contributed by atoms with Crippen LogP contribution in [0.4, 0.5) is 0 Å². The van der Waals surface area contributed by atoms with Crippen molar-refractivity contribution in [2.45, 2.75) is 27.2 Å². The number of methoxy groups -OCH3 is 1. The van der Waals surface area contributed by atoms with Crippen LogP contribution >= 0.6 is 11.6 Å². The van der Waals surface area contributed by atoms with Crippen molar-refractivity contribution in [3.05, 3.63) is 34.3 Å². The molecule has 1 rings (SSSR count). The summed E-state index contributed by atoms with van der Waals surface area (Å²) in [5.74, 6) is 0. The predicted molar refractivity (Wildman–Crippen MR) is 78.4 cm³/mol. The summed E-state index contributed by atoms with van der Waals surface area (Å²) in [4.78, 5) is 0. The topological polar surface area (TPSA) is 21.3 Å². The molecule has 18 heavy (non-hydrogen) atoms. The van der Waals surface area contributed by atoms with E-state index >= 15 is 0 Å². The minimum atomic E-state index is 0.187. The number of halogens is 1. The SMILES string of the molecule is COCCNCC(C)(C)Cc1ccc(C)cc1Cl. The van der Waals surface area contributed by atoms with Gasteiger partial charge in [0.15, 0.2) is 0 Å². The molecule has 0 unspecified atom stereocenters. The molecule has 0 aliphatic heterocycles. The van der Waals surface area contributed by atoms with Crippen LogP contribution in [-0.2, 0) is 11.2 Å². The number of aryl methyl sites for hydroxylation is 1. The quantitative estimate of drug-likeness (QED) is 0.766. The molecule has 0 amide bonds. The van der Waals surface area contributed by atoms with Crippen LogP contribution in [0.3, 0.4) is 0 Å². The Hall–Kier alpha value is -0.570. The van der Waals surface area contributed by atoms with Gasteiger partial charge in [0.1, 0.15) is 0 Å². The highest BCUT2D eigenvalue weighted by molar-refractivity contribution is 6.31. The van der Waals surface area contributed by atoms with Crippen LogP contribution in [-0.4, -0.2) is 26.8 Å². The minimum Gasteiger partial charge on any atom is -0.383 e. The summed E-state index contributed by atoms with van der Waals surface area (Å²) in [7, 11) is 1.72. The molecule has 0 heterocycles. The summed E-state index contributed by atoms with van der Waals surface area (Å²) in [5.41, 5.74) is 2.62. The van der Waals surface area contributed by atoms with Crippen molar-refractivity contribution in [3.8, 4) is 0 Å². The van der Waals surface area contributed by atoms with Crippen molar-refractivity contribution in [1.82, 2.24) is 5.32 Å². The normalized spacial score (nSPS) is 11.8. The van der Waals surface area contributed by atoms with E-state index in [0.717, 1.165) is 31.1 Å². The average Bonchev–Trinajstić information content (AvgIpc) is 2.28. The zero-order chi connectivity index (χ0) is 13.6. The van der Waals surface area contributed by atoms with E-state index in [2.05, 4.69) is 38.2 Å². The molecule has 0 fully saturated rings. The maximum Gasteiger partial charge on any atom is 0.0587 e. The molecule has 3 heteroatoms. The van der Waals surface area contributed by atoms with Crippen molar-refractivity contribution in [1.29, 1.82) is 0 Å². The van der Waals surface area contributed by atoms with Gasteiger partial charge in [-0.1, -0.05) is 37.6 Å². The van der Waals surface area contributed by atoms with E-state index in [0.29, 0.717) is 0 Å². The Balaban J connectivity index is 2.53. The van der Waals surface area contributed by atoms with Crippen LogP contribution in [0.5, 0.6) is 0 Å².